The summed E-state index contributed by atoms with van der Waals surface area (Å²) in [5.41, 5.74) is 1.56. The molecule has 3 heterocycles. The molecule has 3 aromatic carbocycles. The van der Waals surface area contributed by atoms with E-state index in [1.165, 1.54) is 5.39 Å². The van der Waals surface area contributed by atoms with Gasteiger partial charge in [-0.05, 0) is 53.6 Å². The van der Waals surface area contributed by atoms with E-state index in [4.69, 9.17) is 9.47 Å². The molecular weight excluding hydrogens is 421 g/mol. The van der Waals surface area contributed by atoms with Crippen LogP contribution < -0.4 is 9.64 Å². The van der Waals surface area contributed by atoms with Gasteiger partial charge in [0.1, 0.15) is 11.6 Å². The number of halogens is 1. The summed E-state index contributed by atoms with van der Waals surface area (Å²) in [4.78, 5) is 3.23. The van der Waals surface area contributed by atoms with Crippen LogP contribution in [-0.4, -0.2) is 32.1 Å². The molecule has 1 saturated heterocycles. The fraction of sp³-hybridized carbons (Fsp3) is 0.259. The van der Waals surface area contributed by atoms with Gasteiger partial charge in [0, 0.05) is 40.6 Å². The molecule has 0 bridgehead atoms. The lowest BCUT2D eigenvalue weighted by Crippen LogP contribution is -2.37. The lowest BCUT2D eigenvalue weighted by atomic mass is 9.87. The van der Waals surface area contributed by atoms with Crippen LogP contribution in [-0.2, 0) is 10.3 Å². The van der Waals surface area contributed by atoms with Crippen LogP contribution in [0.15, 0.2) is 71.7 Å². The Labute approximate surface area is 191 Å². The van der Waals surface area contributed by atoms with Crippen LogP contribution >= 0.6 is 11.8 Å². The number of rotatable bonds is 3. The second-order valence-corrected chi connectivity index (χ2v) is 9.48. The molecule has 0 N–H and O–H groups in total. The van der Waals surface area contributed by atoms with Crippen molar-refractivity contribution in [3.05, 3.63) is 88.6 Å². The molecule has 3 aliphatic heterocycles. The van der Waals surface area contributed by atoms with Crippen LogP contribution in [0.3, 0.4) is 0 Å². The van der Waals surface area contributed by atoms with Gasteiger partial charge in [-0.2, -0.15) is 0 Å². The first kappa shape index (κ1) is 19.9. The fourth-order valence-electron chi connectivity index (χ4n) is 4.85. The Morgan fingerprint density at radius 1 is 1.00 bits per heavy atom. The molecular formula is C27H24FNO2S. The van der Waals surface area contributed by atoms with Crippen LogP contribution in [0.25, 0.3) is 16.8 Å². The Bertz CT molecular complexity index is 1250. The molecule has 1 fully saturated rings. The van der Waals surface area contributed by atoms with Gasteiger partial charge in [-0.15, -0.1) is 11.8 Å². The third-order valence-corrected chi connectivity index (χ3v) is 7.71. The van der Waals surface area contributed by atoms with Crippen LogP contribution in [0, 0.1) is 5.82 Å². The molecule has 1 atom stereocenters. The summed E-state index contributed by atoms with van der Waals surface area (Å²) in [6.07, 6.45) is 7.31. The number of benzene rings is 3. The Morgan fingerprint density at radius 3 is 2.69 bits per heavy atom. The predicted octanol–water partition coefficient (Wildman–Crippen LogP) is 6.14. The third kappa shape index (κ3) is 3.23. The smallest absolute Gasteiger partial charge is 0.186 e. The summed E-state index contributed by atoms with van der Waals surface area (Å²) in [7, 11) is 0. The molecule has 3 aliphatic rings. The minimum atomic E-state index is -0.940. The van der Waals surface area contributed by atoms with Crippen molar-refractivity contribution in [2.75, 3.05) is 37.0 Å². The minimum Gasteiger partial charge on any atom is -0.472 e. The Kier molecular flexibility index (Phi) is 4.96. The normalized spacial score (nSPS) is 22.5. The molecule has 3 nitrogen and oxygen atoms in total. The van der Waals surface area contributed by atoms with E-state index in [-0.39, 0.29) is 5.82 Å². The average molecular weight is 446 g/mol. The number of fused-ring (bicyclic) bond motifs is 3. The van der Waals surface area contributed by atoms with Gasteiger partial charge >= 0.3 is 0 Å². The van der Waals surface area contributed by atoms with Gasteiger partial charge in [0.2, 0.25) is 0 Å². The largest absolute Gasteiger partial charge is 0.472 e. The van der Waals surface area contributed by atoms with Crippen LogP contribution in [0.4, 0.5) is 10.1 Å². The summed E-state index contributed by atoms with van der Waals surface area (Å²) in [5.74, 6) is 1.54. The number of thioether (sulfide) groups is 1. The minimum absolute atomic E-state index is 0.240. The number of nitrogens with zero attached hydrogens (tertiary/aromatic N) is 1. The number of anilines is 1. The van der Waals surface area contributed by atoms with E-state index in [0.29, 0.717) is 18.8 Å². The molecule has 0 spiro atoms. The standard InChI is InChI=1S/C27H24FNO2S/c28-24-18-20(29-13-15-30-16-14-29)8-9-23(24)27(26-6-3-17-32-26)12-11-22-21-5-2-1-4-19(21)7-10-25(22)31-27/h1-2,4-12,18H,3,13-17H2. The van der Waals surface area contributed by atoms with E-state index < -0.39 is 5.60 Å². The number of hydrogen-bond donors (Lipinski definition) is 0. The second-order valence-electron chi connectivity index (χ2n) is 8.34. The van der Waals surface area contributed by atoms with Gasteiger partial charge in [-0.1, -0.05) is 36.4 Å². The van der Waals surface area contributed by atoms with E-state index in [1.807, 2.05) is 36.4 Å². The van der Waals surface area contributed by atoms with Crippen molar-refractivity contribution < 1.29 is 13.9 Å². The maximum Gasteiger partial charge on any atom is 0.186 e. The van der Waals surface area contributed by atoms with Gasteiger partial charge in [0.25, 0.3) is 0 Å². The van der Waals surface area contributed by atoms with E-state index in [9.17, 15) is 0 Å². The molecule has 0 radical (unpaired) electrons. The SMILES string of the molecule is Fc1cc(N2CCOCC2)ccc1C1(C2=CCCS2)C=Cc2c(ccc3ccccc23)O1. The first-order valence-corrected chi connectivity index (χ1v) is 12.1. The monoisotopic (exact) mass is 445 g/mol. The zero-order chi connectivity index (χ0) is 21.5. The first-order chi connectivity index (χ1) is 15.7. The molecule has 0 saturated carbocycles. The van der Waals surface area contributed by atoms with Crippen molar-refractivity contribution in [1.29, 1.82) is 0 Å². The highest BCUT2D eigenvalue weighted by Crippen LogP contribution is 2.50. The van der Waals surface area contributed by atoms with Gasteiger partial charge in [-0.3, -0.25) is 0 Å². The topological polar surface area (TPSA) is 21.7 Å². The van der Waals surface area contributed by atoms with Crippen LogP contribution in [0.5, 0.6) is 5.75 Å². The van der Waals surface area contributed by atoms with Crippen molar-refractivity contribution >= 4 is 34.3 Å². The lowest BCUT2D eigenvalue weighted by molar-refractivity contribution is 0.122. The fourth-order valence-corrected chi connectivity index (χ4v) is 5.98. The molecule has 3 aromatic rings. The maximum atomic E-state index is 15.7. The molecule has 162 valence electrons. The zero-order valence-electron chi connectivity index (χ0n) is 17.7. The quantitative estimate of drug-likeness (QED) is 0.483. The number of hydrogen-bond acceptors (Lipinski definition) is 4. The van der Waals surface area contributed by atoms with Crippen molar-refractivity contribution in [3.63, 3.8) is 0 Å². The number of morpholine rings is 1. The average Bonchev–Trinajstić information content (AvgIpc) is 3.40. The Morgan fingerprint density at radius 2 is 1.88 bits per heavy atom. The van der Waals surface area contributed by atoms with Gasteiger partial charge in [0.15, 0.2) is 5.60 Å². The summed E-state index contributed by atoms with van der Waals surface area (Å²) in [6, 6.07) is 17.9. The Balaban J connectivity index is 1.46. The molecule has 5 heteroatoms. The zero-order valence-corrected chi connectivity index (χ0v) is 18.5. The second kappa shape index (κ2) is 7.98. The van der Waals surface area contributed by atoms with Gasteiger partial charge < -0.3 is 14.4 Å². The van der Waals surface area contributed by atoms with Crippen LogP contribution in [0.2, 0.25) is 0 Å². The highest BCUT2D eigenvalue weighted by Gasteiger charge is 2.42. The van der Waals surface area contributed by atoms with E-state index in [0.717, 1.165) is 52.6 Å². The highest BCUT2D eigenvalue weighted by molar-refractivity contribution is 8.03. The van der Waals surface area contributed by atoms with Crippen LogP contribution in [0.1, 0.15) is 17.5 Å². The van der Waals surface area contributed by atoms with E-state index in [2.05, 4.69) is 35.3 Å². The van der Waals surface area contributed by atoms with Gasteiger partial charge in [0.05, 0.1) is 13.2 Å². The molecule has 0 aliphatic carbocycles. The predicted molar refractivity (Wildman–Crippen MR) is 130 cm³/mol. The molecule has 32 heavy (non-hydrogen) atoms. The first-order valence-electron chi connectivity index (χ1n) is 11.1. The summed E-state index contributed by atoms with van der Waals surface area (Å²) in [5, 5.41) is 2.31. The van der Waals surface area contributed by atoms with E-state index in [1.54, 1.807) is 17.8 Å². The Hall–Kier alpha value is -2.76. The molecule has 6 rings (SSSR count). The maximum absolute atomic E-state index is 15.7. The van der Waals surface area contributed by atoms with Gasteiger partial charge in [-0.25, -0.2) is 4.39 Å². The van der Waals surface area contributed by atoms with Crippen molar-refractivity contribution in [2.45, 2.75) is 12.0 Å². The number of allylic oxidation sites excluding steroid dienone is 1. The van der Waals surface area contributed by atoms with Crippen molar-refractivity contribution in [2.24, 2.45) is 0 Å². The molecule has 1 unspecified atom stereocenters. The van der Waals surface area contributed by atoms with Crippen molar-refractivity contribution in [3.8, 4) is 5.75 Å². The highest BCUT2D eigenvalue weighted by atomic mass is 32.2. The summed E-state index contributed by atoms with van der Waals surface area (Å²) < 4.78 is 27.9. The van der Waals surface area contributed by atoms with Crippen molar-refractivity contribution in [1.82, 2.24) is 0 Å². The summed E-state index contributed by atoms with van der Waals surface area (Å²) >= 11 is 1.75. The lowest BCUT2D eigenvalue weighted by Gasteiger charge is -2.37. The molecule has 0 amide bonds. The van der Waals surface area contributed by atoms with E-state index >= 15 is 4.39 Å². The third-order valence-electron chi connectivity index (χ3n) is 6.49. The molecule has 0 aromatic heterocycles. The number of ether oxygens (including phenoxy) is 2. The summed E-state index contributed by atoms with van der Waals surface area (Å²) in [6.45, 7) is 2.91.